The fourth-order valence-electron chi connectivity index (χ4n) is 2.23. The van der Waals surface area contributed by atoms with E-state index in [-0.39, 0.29) is 0 Å². The zero-order chi connectivity index (χ0) is 15.1. The van der Waals surface area contributed by atoms with Crippen molar-refractivity contribution < 1.29 is 0 Å². The van der Waals surface area contributed by atoms with Gasteiger partial charge in [-0.25, -0.2) is 4.98 Å². The van der Waals surface area contributed by atoms with E-state index in [4.69, 9.17) is 0 Å². The molecule has 2 rings (SSSR count). The van der Waals surface area contributed by atoms with Crippen molar-refractivity contribution in [3.8, 4) is 6.07 Å². The summed E-state index contributed by atoms with van der Waals surface area (Å²) in [5.41, 5.74) is 2.51. The molecule has 0 aliphatic heterocycles. The molecule has 0 aliphatic rings. The maximum Gasteiger partial charge on any atom is 0.166 e. The van der Waals surface area contributed by atoms with Crippen LogP contribution in [0.2, 0.25) is 0 Å². The van der Waals surface area contributed by atoms with Gasteiger partial charge in [0.1, 0.15) is 23.8 Å². The maximum atomic E-state index is 9.38. The van der Waals surface area contributed by atoms with Crippen molar-refractivity contribution >= 4 is 5.82 Å². The summed E-state index contributed by atoms with van der Waals surface area (Å²) >= 11 is 0. The Morgan fingerprint density at radius 3 is 2.76 bits per heavy atom. The monoisotopic (exact) mass is 285 g/mol. The molecule has 0 aromatic carbocycles. The molecule has 0 spiro atoms. The highest BCUT2D eigenvalue weighted by molar-refractivity contribution is 5.56. The van der Waals surface area contributed by atoms with Crippen LogP contribution in [0.3, 0.4) is 0 Å². The summed E-state index contributed by atoms with van der Waals surface area (Å²) in [4.78, 5) is 4.07. The molecule has 2 N–H and O–H groups in total. The molecule has 21 heavy (non-hydrogen) atoms. The van der Waals surface area contributed by atoms with Crippen molar-refractivity contribution in [3.63, 3.8) is 0 Å². The first-order valence-electron chi connectivity index (χ1n) is 7.16. The molecular weight excluding hydrogens is 266 g/mol. The summed E-state index contributed by atoms with van der Waals surface area (Å²) in [6, 6.07) is 2.25. The molecule has 7 heteroatoms. The molecule has 0 fully saturated rings. The zero-order valence-electron chi connectivity index (χ0n) is 12.3. The lowest BCUT2D eigenvalue weighted by molar-refractivity contribution is 0.796. The molecule has 0 aliphatic carbocycles. The van der Waals surface area contributed by atoms with Crippen LogP contribution in [0.5, 0.6) is 0 Å². The molecule has 0 amide bonds. The third-order valence-electron chi connectivity index (χ3n) is 3.31. The molecule has 7 nitrogen and oxygen atoms in total. The van der Waals surface area contributed by atoms with Gasteiger partial charge >= 0.3 is 0 Å². The minimum atomic E-state index is 0.573. The molecule has 0 atom stereocenters. The van der Waals surface area contributed by atoms with Gasteiger partial charge in [0.05, 0.1) is 5.69 Å². The second kappa shape index (κ2) is 7.33. The molecule has 2 aromatic rings. The lowest BCUT2D eigenvalue weighted by Crippen LogP contribution is -2.11. The largest absolute Gasteiger partial charge is 0.367 e. The number of aryl methyl sites for hydroxylation is 2. The average Bonchev–Trinajstić information content (AvgIpc) is 3.03. The highest BCUT2D eigenvalue weighted by Crippen LogP contribution is 2.19. The third kappa shape index (κ3) is 3.54. The highest BCUT2D eigenvalue weighted by atomic mass is 15.2. The first kappa shape index (κ1) is 14.9. The normalized spacial score (nSPS) is 10.3. The van der Waals surface area contributed by atoms with Gasteiger partial charge < -0.3 is 5.32 Å². The molecule has 0 saturated carbocycles. The SMILES string of the molecule is CCc1nnc(NCCCc2ncn[nH]2)c(C#N)c1CC. The number of rotatable bonds is 7. The van der Waals surface area contributed by atoms with E-state index in [1.54, 1.807) is 0 Å². The summed E-state index contributed by atoms with van der Waals surface area (Å²) in [5, 5.41) is 27.6. The number of hydrogen-bond acceptors (Lipinski definition) is 6. The number of H-pyrrole nitrogens is 1. The minimum absolute atomic E-state index is 0.573. The fraction of sp³-hybridized carbons (Fsp3) is 0.500. The van der Waals surface area contributed by atoms with Crippen molar-refractivity contribution in [2.75, 3.05) is 11.9 Å². The Balaban J connectivity index is 2.01. The van der Waals surface area contributed by atoms with Crippen LogP contribution in [0, 0.1) is 11.3 Å². The predicted molar refractivity (Wildman–Crippen MR) is 78.7 cm³/mol. The number of anilines is 1. The van der Waals surface area contributed by atoms with Gasteiger partial charge in [0, 0.05) is 13.0 Å². The van der Waals surface area contributed by atoms with Gasteiger partial charge in [0.15, 0.2) is 5.82 Å². The Kier molecular flexibility index (Phi) is 5.21. The van der Waals surface area contributed by atoms with Crippen molar-refractivity contribution in [1.82, 2.24) is 25.4 Å². The number of nitrogens with one attached hydrogen (secondary N) is 2. The van der Waals surface area contributed by atoms with E-state index in [1.807, 2.05) is 13.8 Å². The zero-order valence-corrected chi connectivity index (χ0v) is 12.3. The van der Waals surface area contributed by atoms with Gasteiger partial charge in [-0.05, 0) is 24.8 Å². The number of aromatic nitrogens is 5. The maximum absolute atomic E-state index is 9.38. The molecule has 0 radical (unpaired) electrons. The van der Waals surface area contributed by atoms with E-state index in [1.165, 1.54) is 6.33 Å². The molecule has 2 heterocycles. The summed E-state index contributed by atoms with van der Waals surface area (Å²) in [6.45, 7) is 4.76. The standard InChI is InChI=1S/C14H19N7/c1-3-10-11(8-15)14(21-19-12(10)4-2)16-7-5-6-13-17-9-18-20-13/h9H,3-7H2,1-2H3,(H,16,21)(H,17,18,20). The van der Waals surface area contributed by atoms with E-state index in [0.29, 0.717) is 17.9 Å². The van der Waals surface area contributed by atoms with E-state index in [2.05, 4.69) is 36.8 Å². The van der Waals surface area contributed by atoms with Crippen LogP contribution in [0.1, 0.15) is 42.9 Å². The van der Waals surface area contributed by atoms with Gasteiger partial charge in [0.2, 0.25) is 0 Å². The number of nitriles is 1. The van der Waals surface area contributed by atoms with Gasteiger partial charge in [-0.15, -0.1) is 5.10 Å². The smallest absolute Gasteiger partial charge is 0.166 e. The van der Waals surface area contributed by atoms with Crippen LogP contribution in [0.4, 0.5) is 5.82 Å². The number of nitrogens with zero attached hydrogens (tertiary/aromatic N) is 5. The quantitative estimate of drug-likeness (QED) is 0.749. The summed E-state index contributed by atoms with van der Waals surface area (Å²) in [6.07, 6.45) is 4.75. The Bertz CT molecular complexity index is 613. The van der Waals surface area contributed by atoms with E-state index < -0.39 is 0 Å². The molecule has 110 valence electrons. The van der Waals surface area contributed by atoms with Gasteiger partial charge in [-0.3, -0.25) is 5.10 Å². The first-order chi connectivity index (χ1) is 10.3. The third-order valence-corrected chi connectivity index (χ3v) is 3.31. The summed E-state index contributed by atoms with van der Waals surface area (Å²) in [7, 11) is 0. The van der Waals surface area contributed by atoms with Crippen molar-refractivity contribution in [2.24, 2.45) is 0 Å². The van der Waals surface area contributed by atoms with Crippen LogP contribution in [0.25, 0.3) is 0 Å². The number of hydrogen-bond donors (Lipinski definition) is 2. The predicted octanol–water partition coefficient (Wildman–Crippen LogP) is 1.64. The van der Waals surface area contributed by atoms with E-state index in [9.17, 15) is 5.26 Å². The second-order valence-electron chi connectivity index (χ2n) is 4.63. The Hall–Kier alpha value is -2.49. The van der Waals surface area contributed by atoms with Crippen LogP contribution in [0.15, 0.2) is 6.33 Å². The minimum Gasteiger partial charge on any atom is -0.367 e. The lowest BCUT2D eigenvalue weighted by Gasteiger charge is -2.11. The summed E-state index contributed by atoms with van der Waals surface area (Å²) in [5.74, 6) is 1.43. The second-order valence-corrected chi connectivity index (χ2v) is 4.63. The summed E-state index contributed by atoms with van der Waals surface area (Å²) < 4.78 is 0. The molecule has 0 bridgehead atoms. The van der Waals surface area contributed by atoms with Crippen LogP contribution in [-0.2, 0) is 19.3 Å². The number of aromatic amines is 1. The van der Waals surface area contributed by atoms with Crippen LogP contribution < -0.4 is 5.32 Å². The van der Waals surface area contributed by atoms with Gasteiger partial charge in [0.25, 0.3) is 0 Å². The van der Waals surface area contributed by atoms with Crippen LogP contribution in [-0.4, -0.2) is 31.9 Å². The Morgan fingerprint density at radius 2 is 2.14 bits per heavy atom. The highest BCUT2D eigenvalue weighted by Gasteiger charge is 2.13. The molecule has 0 saturated heterocycles. The van der Waals surface area contributed by atoms with E-state index >= 15 is 0 Å². The van der Waals surface area contributed by atoms with Crippen molar-refractivity contribution in [1.29, 1.82) is 5.26 Å². The molecular formula is C14H19N7. The van der Waals surface area contributed by atoms with Crippen LogP contribution >= 0.6 is 0 Å². The molecule has 2 aromatic heterocycles. The van der Waals surface area contributed by atoms with Gasteiger partial charge in [-0.1, -0.05) is 13.8 Å². The lowest BCUT2D eigenvalue weighted by atomic mass is 10.0. The Labute approximate surface area is 123 Å². The van der Waals surface area contributed by atoms with E-state index in [0.717, 1.165) is 42.8 Å². The molecule has 0 unspecified atom stereocenters. The topological polar surface area (TPSA) is 103 Å². The average molecular weight is 285 g/mol. The fourth-order valence-corrected chi connectivity index (χ4v) is 2.23. The van der Waals surface area contributed by atoms with Gasteiger partial charge in [-0.2, -0.15) is 15.5 Å². The first-order valence-corrected chi connectivity index (χ1v) is 7.16. The van der Waals surface area contributed by atoms with Crippen molar-refractivity contribution in [2.45, 2.75) is 39.5 Å². The van der Waals surface area contributed by atoms with Crippen molar-refractivity contribution in [3.05, 3.63) is 29.0 Å². The Morgan fingerprint density at radius 1 is 1.29 bits per heavy atom.